The number of rotatable bonds is 2. The zero-order chi connectivity index (χ0) is 14.1. The Bertz CT molecular complexity index is 623. The first-order chi connectivity index (χ1) is 9.66. The van der Waals surface area contributed by atoms with Crippen molar-refractivity contribution >= 4 is 14.1 Å². The fraction of sp³-hybridized carbons (Fsp3) is 0.286. The van der Waals surface area contributed by atoms with Crippen molar-refractivity contribution < 1.29 is 25.8 Å². The van der Waals surface area contributed by atoms with Gasteiger partial charge in [0.1, 0.15) is 0 Å². The van der Waals surface area contributed by atoms with E-state index in [1.165, 1.54) is 22.3 Å². The van der Waals surface area contributed by atoms with E-state index in [-0.39, 0.29) is 49.1 Å². The molecule has 0 aromatic heterocycles. The van der Waals surface area contributed by atoms with Crippen LogP contribution in [0, 0.1) is 32.8 Å². The molecule has 122 valence electrons. The first kappa shape index (κ1) is 22.4. The van der Waals surface area contributed by atoms with Crippen LogP contribution >= 0.6 is 0 Å². The molecule has 0 fully saturated rings. The van der Waals surface area contributed by atoms with Crippen molar-refractivity contribution in [3.05, 3.63) is 85.8 Å². The van der Waals surface area contributed by atoms with Gasteiger partial charge < -0.3 is 14.9 Å². The maximum atomic E-state index is 3.60. The van der Waals surface area contributed by atoms with Gasteiger partial charge in [-0.05, 0) is 26.7 Å². The van der Waals surface area contributed by atoms with Gasteiger partial charge in [0.25, 0.3) is 0 Å². The molecular formula is C21H27HfSi-3. The summed E-state index contributed by atoms with van der Waals surface area (Å²) in [6.45, 7) is 6.96. The summed E-state index contributed by atoms with van der Waals surface area (Å²) in [7, 11) is -0.344. The van der Waals surface area contributed by atoms with Crippen molar-refractivity contribution in [3.63, 3.8) is 0 Å². The van der Waals surface area contributed by atoms with Gasteiger partial charge in [-0.3, -0.25) is 0 Å². The zero-order valence-electron chi connectivity index (χ0n) is 15.0. The number of allylic oxidation sites excluding steroid dienone is 12. The maximum absolute atomic E-state index is 3.60. The van der Waals surface area contributed by atoms with E-state index in [4.69, 9.17) is 0 Å². The van der Waals surface area contributed by atoms with Crippen molar-refractivity contribution in [3.8, 4) is 0 Å². The SMILES string of the molecule is CC1=[C-]C2=CC=CCC(C=[Si](C)C)C2=C1C1C=CC=C1.[CH3-].[CH3-].[Hf]. The molecule has 1 unspecified atom stereocenters. The van der Waals surface area contributed by atoms with Crippen LogP contribution in [0.4, 0.5) is 0 Å². The molecule has 0 heterocycles. The van der Waals surface area contributed by atoms with Crippen LogP contribution < -0.4 is 0 Å². The third-order valence-corrected chi connectivity index (χ3v) is 5.15. The van der Waals surface area contributed by atoms with Gasteiger partial charge in [0.2, 0.25) is 0 Å². The van der Waals surface area contributed by atoms with E-state index in [9.17, 15) is 0 Å². The predicted molar refractivity (Wildman–Crippen MR) is 103 cm³/mol. The first-order valence-corrected chi connectivity index (χ1v) is 9.97. The summed E-state index contributed by atoms with van der Waals surface area (Å²) in [6, 6.07) is 0. The summed E-state index contributed by atoms with van der Waals surface area (Å²) in [6.07, 6.45) is 20.4. The second kappa shape index (κ2) is 9.63. The molecule has 3 aliphatic carbocycles. The molecule has 0 aromatic rings. The van der Waals surface area contributed by atoms with Crippen LogP contribution in [0.1, 0.15) is 13.3 Å². The molecule has 23 heavy (non-hydrogen) atoms. The summed E-state index contributed by atoms with van der Waals surface area (Å²) >= 11 is 0. The molecule has 0 aromatic carbocycles. The minimum absolute atomic E-state index is 0. The van der Waals surface area contributed by atoms with Crippen LogP contribution in [0.15, 0.2) is 64.8 Å². The standard InChI is InChI=1S/C19H21Si.2CH3.Hf/c1-14-12-16-10-6-7-11-17(13-20(2)3)19(16)18(14)15-8-4-5-9-15;;;/h4-10,13,15,17H,11H2,1-3H3;2*1H3;/q3*-1;. The maximum Gasteiger partial charge on any atom is 0 e. The fourth-order valence-electron chi connectivity index (χ4n) is 3.33. The van der Waals surface area contributed by atoms with Gasteiger partial charge in [0.15, 0.2) is 0 Å². The summed E-state index contributed by atoms with van der Waals surface area (Å²) in [5, 5.41) is 0. The average Bonchev–Trinajstić information content (AvgIpc) is 2.96. The van der Waals surface area contributed by atoms with E-state index in [1.807, 2.05) is 0 Å². The Balaban J connectivity index is 0.00000161. The molecule has 2 heteroatoms. The van der Waals surface area contributed by atoms with Gasteiger partial charge in [-0.15, -0.1) is 35.0 Å². The van der Waals surface area contributed by atoms with Crippen LogP contribution in [0.5, 0.6) is 0 Å². The number of fused-ring (bicyclic) bond motifs is 1. The van der Waals surface area contributed by atoms with Crippen LogP contribution in [-0.4, -0.2) is 14.1 Å². The topological polar surface area (TPSA) is 0 Å². The van der Waals surface area contributed by atoms with Crippen LogP contribution in [0.25, 0.3) is 0 Å². The molecule has 0 spiro atoms. The monoisotopic (exact) mass is 487 g/mol. The second-order valence-electron chi connectivity index (χ2n) is 5.97. The molecule has 3 aliphatic rings. The van der Waals surface area contributed by atoms with Crippen molar-refractivity contribution in [2.45, 2.75) is 26.4 Å². The van der Waals surface area contributed by atoms with E-state index in [0.29, 0.717) is 11.8 Å². The Kier molecular flexibility index (Phi) is 9.38. The molecule has 0 radical (unpaired) electrons. The van der Waals surface area contributed by atoms with Gasteiger partial charge in [-0.1, -0.05) is 50.4 Å². The molecule has 0 aliphatic heterocycles. The van der Waals surface area contributed by atoms with Gasteiger partial charge in [-0.25, -0.2) is 0 Å². The largest absolute Gasteiger partial charge is 0.358 e. The van der Waals surface area contributed by atoms with E-state index in [2.05, 4.69) is 74.3 Å². The number of hydrogen-bond acceptors (Lipinski definition) is 0. The van der Waals surface area contributed by atoms with Gasteiger partial charge in [0, 0.05) is 25.8 Å². The third kappa shape index (κ3) is 4.70. The summed E-state index contributed by atoms with van der Waals surface area (Å²) in [5.74, 6) is 1.01. The first-order valence-electron chi connectivity index (χ1n) is 7.39. The summed E-state index contributed by atoms with van der Waals surface area (Å²) in [5.41, 5.74) is 8.24. The minimum Gasteiger partial charge on any atom is -0.358 e. The molecule has 0 nitrogen and oxygen atoms in total. The van der Waals surface area contributed by atoms with Crippen molar-refractivity contribution in [2.24, 2.45) is 11.8 Å². The molecule has 0 amide bonds. The van der Waals surface area contributed by atoms with Crippen LogP contribution in [0.3, 0.4) is 0 Å². The quantitative estimate of drug-likeness (QED) is 0.366. The Morgan fingerprint density at radius 1 is 1.09 bits per heavy atom. The van der Waals surface area contributed by atoms with E-state index in [1.54, 1.807) is 0 Å². The van der Waals surface area contributed by atoms with E-state index < -0.39 is 0 Å². The van der Waals surface area contributed by atoms with Gasteiger partial charge in [-0.2, -0.15) is 11.1 Å². The van der Waals surface area contributed by atoms with Crippen molar-refractivity contribution in [1.29, 1.82) is 0 Å². The minimum atomic E-state index is -0.344. The summed E-state index contributed by atoms with van der Waals surface area (Å²) < 4.78 is 0. The predicted octanol–water partition coefficient (Wildman–Crippen LogP) is 5.33. The molecule has 0 saturated carbocycles. The van der Waals surface area contributed by atoms with Gasteiger partial charge in [0.05, 0.1) is 0 Å². The zero-order valence-corrected chi connectivity index (χ0v) is 19.6. The summed E-state index contributed by atoms with van der Waals surface area (Å²) in [4.78, 5) is 0. The van der Waals surface area contributed by atoms with Gasteiger partial charge >= 0.3 is 0 Å². The third-order valence-electron chi connectivity index (χ3n) is 4.08. The fourth-order valence-corrected chi connectivity index (χ4v) is 4.44. The smallest absolute Gasteiger partial charge is 0 e. The molecule has 0 N–H and O–H groups in total. The van der Waals surface area contributed by atoms with Crippen LogP contribution in [0.2, 0.25) is 13.1 Å². The molecular weight excluding hydrogens is 459 g/mol. The average molecular weight is 486 g/mol. The second-order valence-corrected chi connectivity index (χ2v) is 8.46. The Morgan fingerprint density at radius 2 is 1.74 bits per heavy atom. The van der Waals surface area contributed by atoms with Crippen molar-refractivity contribution in [2.75, 3.05) is 0 Å². The normalized spacial score (nSPS) is 21.4. The molecule has 3 rings (SSSR count). The Hall–Kier alpha value is -0.603. The molecule has 0 bridgehead atoms. The van der Waals surface area contributed by atoms with Crippen molar-refractivity contribution in [1.82, 2.24) is 0 Å². The van der Waals surface area contributed by atoms with E-state index in [0.717, 1.165) is 6.42 Å². The van der Waals surface area contributed by atoms with E-state index >= 15 is 0 Å². The Morgan fingerprint density at radius 3 is 2.35 bits per heavy atom. The molecule has 1 atom stereocenters. The number of hydrogen-bond donors (Lipinski definition) is 0. The Labute approximate surface area is 163 Å². The van der Waals surface area contributed by atoms with Crippen LogP contribution in [-0.2, 0) is 25.8 Å². The molecule has 0 saturated heterocycles.